The summed E-state index contributed by atoms with van der Waals surface area (Å²) in [5.41, 5.74) is -1.26. The summed E-state index contributed by atoms with van der Waals surface area (Å²) in [4.78, 5) is 31.5. The molecule has 4 N–H and O–H groups in total. The summed E-state index contributed by atoms with van der Waals surface area (Å²) < 4.78 is 0. The van der Waals surface area contributed by atoms with Crippen molar-refractivity contribution in [3.05, 3.63) is 240 Å². The van der Waals surface area contributed by atoms with E-state index in [1.165, 1.54) is 0 Å². The van der Waals surface area contributed by atoms with Crippen molar-refractivity contribution in [1.82, 2.24) is 10.6 Å². The van der Waals surface area contributed by atoms with E-state index in [1.54, 1.807) is 0 Å². The van der Waals surface area contributed by atoms with Gasteiger partial charge in [-0.25, -0.2) is 0 Å². The minimum atomic E-state index is -1.76. The van der Waals surface area contributed by atoms with Crippen LogP contribution in [0.2, 0.25) is 0 Å². The van der Waals surface area contributed by atoms with Crippen LogP contribution in [0.25, 0.3) is 21.5 Å². The topological polar surface area (TPSA) is 98.7 Å². The summed E-state index contributed by atoms with van der Waals surface area (Å²) in [6, 6.07) is 63.4. The van der Waals surface area contributed by atoms with Crippen LogP contribution in [0.3, 0.4) is 0 Å². The molecule has 0 unspecified atom stereocenters. The maximum Gasteiger partial charge on any atom is 0.236 e. The predicted octanol–water partition coefficient (Wildman–Crippen LogP) is 10.8. The van der Waals surface area contributed by atoms with E-state index in [9.17, 15) is 10.2 Å². The molecule has 1 aliphatic carbocycles. The van der Waals surface area contributed by atoms with Crippen molar-refractivity contribution in [2.24, 2.45) is 5.41 Å². The van der Waals surface area contributed by atoms with E-state index in [-0.39, 0.29) is 0 Å². The Morgan fingerprint density at radius 3 is 1.06 bits per heavy atom. The number of carbonyl (C=O) groups is 2. The zero-order valence-corrected chi connectivity index (χ0v) is 34.5. The van der Waals surface area contributed by atoms with Crippen LogP contribution in [0.15, 0.2) is 206 Å². The van der Waals surface area contributed by atoms with Crippen LogP contribution in [-0.2, 0) is 20.8 Å². The van der Waals surface area contributed by atoms with Crippen molar-refractivity contribution in [3.8, 4) is 0 Å². The monoisotopic (exact) mass is 814 g/mol. The van der Waals surface area contributed by atoms with Gasteiger partial charge in [0.15, 0.2) is 0 Å². The second-order valence-electron chi connectivity index (χ2n) is 16.6. The molecule has 2 amide bonds. The van der Waals surface area contributed by atoms with Crippen molar-refractivity contribution in [3.63, 3.8) is 0 Å². The van der Waals surface area contributed by atoms with Crippen LogP contribution in [0, 0.1) is 5.41 Å². The fourth-order valence-electron chi connectivity index (χ4n) is 9.84. The third-order valence-electron chi connectivity index (χ3n) is 13.1. The molecule has 1 saturated carbocycles. The van der Waals surface area contributed by atoms with Crippen molar-refractivity contribution in [2.45, 2.75) is 55.4 Å². The van der Waals surface area contributed by atoms with E-state index in [2.05, 4.69) is 10.6 Å². The van der Waals surface area contributed by atoms with Crippen molar-refractivity contribution in [1.29, 1.82) is 0 Å². The van der Waals surface area contributed by atoms with Gasteiger partial charge in [-0.2, -0.15) is 0 Å². The Kier molecular flexibility index (Phi) is 11.3. The number of hydrogen-bond donors (Lipinski definition) is 4. The summed E-state index contributed by atoms with van der Waals surface area (Å²) in [5, 5.41) is 37.4. The highest BCUT2D eigenvalue weighted by Crippen LogP contribution is 2.48. The van der Waals surface area contributed by atoms with Crippen LogP contribution in [0.1, 0.15) is 77.6 Å². The highest BCUT2D eigenvalue weighted by atomic mass is 16.3. The Labute approximate surface area is 362 Å². The molecular formula is C56H50N2O4. The molecule has 62 heavy (non-hydrogen) atoms. The fourth-order valence-corrected chi connectivity index (χ4v) is 9.84. The largest absolute Gasteiger partial charge is 0.378 e. The van der Waals surface area contributed by atoms with Gasteiger partial charge < -0.3 is 20.8 Å². The molecule has 1 aliphatic rings. The number of carbonyl (C=O) groups excluding carboxylic acids is 2. The lowest BCUT2D eigenvalue weighted by atomic mass is 9.70. The molecule has 6 heteroatoms. The summed E-state index contributed by atoms with van der Waals surface area (Å²) in [5.74, 6) is -0.949. The Balaban J connectivity index is 1.21. The third kappa shape index (κ3) is 7.25. The molecule has 0 bridgehead atoms. The Morgan fingerprint density at radius 1 is 0.403 bits per heavy atom. The van der Waals surface area contributed by atoms with Gasteiger partial charge in [0.2, 0.25) is 11.8 Å². The first kappa shape index (κ1) is 40.5. The molecule has 0 radical (unpaired) electrons. The third-order valence-corrected chi connectivity index (χ3v) is 13.1. The lowest BCUT2D eigenvalue weighted by molar-refractivity contribution is -0.149. The van der Waals surface area contributed by atoms with E-state index in [1.807, 2.05) is 206 Å². The molecule has 0 saturated heterocycles. The standard InChI is InChI=1S/C56H50N2O4/c59-52(57-50(48-36-20-24-40-22-14-16-34-46(40)48)55(61,42-26-6-1-7-27-42)43-28-8-2-9-29-43)54(38-18-5-19-39-54)53(60)58-51(49-37-21-25-41-23-15-17-35-47(41)49)56(62,44-30-10-3-11-31-44)45-32-12-4-13-33-45/h1-4,6-17,20-37,50-51,61-62H,5,18-19,38-39H2,(H,57,59)(H,58,60)/t50-,51-/m0/s1. The van der Waals surface area contributed by atoms with E-state index < -0.39 is 40.5 Å². The highest BCUT2D eigenvalue weighted by Gasteiger charge is 2.53. The molecule has 0 heterocycles. The van der Waals surface area contributed by atoms with Gasteiger partial charge in [0.05, 0.1) is 12.1 Å². The van der Waals surface area contributed by atoms with Crippen LogP contribution < -0.4 is 10.6 Å². The molecule has 0 spiro atoms. The maximum absolute atomic E-state index is 15.8. The van der Waals surface area contributed by atoms with E-state index in [0.717, 1.165) is 28.0 Å². The minimum absolute atomic E-state index is 0.291. The SMILES string of the molecule is O=C(N[C@@H](c1cccc2ccccc12)C(O)(c1ccccc1)c1ccccc1)C1(C(=O)N[C@@H](c2cccc3ccccc23)C(O)(c2ccccc2)c2ccccc2)CCCCC1. The van der Waals surface area contributed by atoms with Crippen LogP contribution in [0.4, 0.5) is 0 Å². The number of hydrogen-bond acceptors (Lipinski definition) is 4. The van der Waals surface area contributed by atoms with Gasteiger partial charge in [-0.05, 0) is 67.8 Å². The van der Waals surface area contributed by atoms with Gasteiger partial charge >= 0.3 is 0 Å². The van der Waals surface area contributed by atoms with Crippen molar-refractivity contribution in [2.75, 3.05) is 0 Å². The van der Waals surface area contributed by atoms with E-state index >= 15 is 9.59 Å². The average molecular weight is 815 g/mol. The maximum atomic E-state index is 15.8. The first-order valence-electron chi connectivity index (χ1n) is 21.6. The lowest BCUT2D eigenvalue weighted by Crippen LogP contribution is -2.57. The second kappa shape index (κ2) is 17.3. The normalized spacial score (nSPS) is 15.1. The average Bonchev–Trinajstić information content (AvgIpc) is 3.35. The molecule has 308 valence electrons. The first-order chi connectivity index (χ1) is 30.3. The number of rotatable bonds is 12. The Bertz CT molecular complexity index is 2530. The number of nitrogens with one attached hydrogen (secondary N) is 2. The number of fused-ring (bicyclic) bond motifs is 2. The second-order valence-corrected chi connectivity index (χ2v) is 16.6. The van der Waals surface area contributed by atoms with Gasteiger partial charge in [0.25, 0.3) is 0 Å². The molecular weight excluding hydrogens is 765 g/mol. The van der Waals surface area contributed by atoms with Crippen molar-refractivity contribution >= 4 is 33.4 Å². The smallest absolute Gasteiger partial charge is 0.236 e. The molecule has 0 aliphatic heterocycles. The molecule has 1 fully saturated rings. The summed E-state index contributed by atoms with van der Waals surface area (Å²) in [7, 11) is 0. The quantitative estimate of drug-likeness (QED) is 0.0923. The number of aliphatic hydroxyl groups is 2. The van der Waals surface area contributed by atoms with Crippen LogP contribution in [-0.4, -0.2) is 22.0 Å². The molecule has 2 atom stereocenters. The van der Waals surface area contributed by atoms with Gasteiger partial charge in [0, 0.05) is 0 Å². The molecule has 9 rings (SSSR count). The fraction of sp³-hybridized carbons (Fsp3) is 0.179. The van der Waals surface area contributed by atoms with E-state index in [0.29, 0.717) is 59.1 Å². The summed E-state index contributed by atoms with van der Waals surface area (Å²) in [6.45, 7) is 0. The van der Waals surface area contributed by atoms with Gasteiger partial charge in [-0.3, -0.25) is 9.59 Å². The van der Waals surface area contributed by atoms with Gasteiger partial charge in [-0.1, -0.05) is 226 Å². The molecule has 8 aromatic rings. The number of benzene rings is 8. The lowest BCUT2D eigenvalue weighted by Gasteiger charge is -2.43. The van der Waals surface area contributed by atoms with Gasteiger partial charge in [0.1, 0.15) is 16.6 Å². The van der Waals surface area contributed by atoms with Gasteiger partial charge in [-0.15, -0.1) is 0 Å². The number of amides is 2. The van der Waals surface area contributed by atoms with Crippen molar-refractivity contribution < 1.29 is 19.8 Å². The summed E-state index contributed by atoms with van der Waals surface area (Å²) >= 11 is 0. The van der Waals surface area contributed by atoms with Crippen LogP contribution >= 0.6 is 0 Å². The zero-order valence-electron chi connectivity index (χ0n) is 34.5. The Hall–Kier alpha value is -6.86. The highest BCUT2D eigenvalue weighted by molar-refractivity contribution is 6.06. The minimum Gasteiger partial charge on any atom is -0.378 e. The molecule has 0 aromatic heterocycles. The first-order valence-corrected chi connectivity index (χ1v) is 21.6. The Morgan fingerprint density at radius 2 is 0.710 bits per heavy atom. The predicted molar refractivity (Wildman–Crippen MR) is 247 cm³/mol. The summed E-state index contributed by atoms with van der Waals surface area (Å²) in [6.07, 6.45) is 2.76. The zero-order chi connectivity index (χ0) is 42.6. The molecule has 8 aromatic carbocycles. The molecule has 6 nitrogen and oxygen atoms in total. The van der Waals surface area contributed by atoms with Crippen LogP contribution in [0.5, 0.6) is 0 Å². The van der Waals surface area contributed by atoms with E-state index in [4.69, 9.17) is 0 Å².